The highest BCUT2D eigenvalue weighted by molar-refractivity contribution is 5.79. The third-order valence-electron chi connectivity index (χ3n) is 1.71. The van der Waals surface area contributed by atoms with Crippen molar-refractivity contribution in [1.82, 2.24) is 0 Å². The predicted molar refractivity (Wildman–Crippen MR) is 50.5 cm³/mol. The minimum Gasteiger partial charge on any atom is -0.233 e. The van der Waals surface area contributed by atoms with E-state index in [0.29, 0.717) is 12.0 Å². The molecule has 0 saturated heterocycles. The third-order valence-corrected chi connectivity index (χ3v) is 1.71. The van der Waals surface area contributed by atoms with Crippen LogP contribution < -0.4 is 0 Å². The van der Waals surface area contributed by atoms with Gasteiger partial charge >= 0.3 is 0 Å². The fourth-order valence-electron chi connectivity index (χ4n) is 0.989. The summed E-state index contributed by atoms with van der Waals surface area (Å²) < 4.78 is 0. The Hall–Kier alpha value is -2.17. The Morgan fingerprint density at radius 3 is 2.07 bits per heavy atom. The van der Waals surface area contributed by atoms with Crippen molar-refractivity contribution in [1.29, 1.82) is 0 Å². The molecule has 0 N–H and O–H groups in total. The lowest BCUT2D eigenvalue weighted by Crippen LogP contribution is -1.90. The maximum atomic E-state index is 10.4. The van der Waals surface area contributed by atoms with Crippen LogP contribution in [0.5, 0.6) is 0 Å². The molecule has 14 heavy (non-hydrogen) atoms. The molecule has 0 aliphatic heterocycles. The molecule has 0 saturated carbocycles. The molecule has 0 unspecified atom stereocenters. The number of hydrogen-bond acceptors (Lipinski definition) is 3. The summed E-state index contributed by atoms with van der Waals surface area (Å²) in [5.41, 5.74) is 0.642. The van der Waals surface area contributed by atoms with Gasteiger partial charge in [-0.15, -0.1) is 0 Å². The topological polar surface area (TPSA) is 51.2 Å². The molecule has 0 radical (unpaired) electrons. The zero-order chi connectivity index (χ0) is 10.4. The fourth-order valence-corrected chi connectivity index (χ4v) is 0.989. The molecule has 0 aromatic rings. The first kappa shape index (κ1) is 9.91. The molecule has 1 aliphatic carbocycles. The highest BCUT2D eigenvalue weighted by Crippen LogP contribution is 2.13. The number of carbonyl (C=O) groups excluding carboxylic acids is 3. The van der Waals surface area contributed by atoms with Crippen molar-refractivity contribution in [3.63, 3.8) is 0 Å². The minimum absolute atomic E-state index is 0.0868. The van der Waals surface area contributed by atoms with Gasteiger partial charge < -0.3 is 0 Å². The van der Waals surface area contributed by atoms with Gasteiger partial charge in [-0.05, 0) is 18.2 Å². The second-order valence-electron chi connectivity index (χ2n) is 2.60. The number of rotatable bonds is 0. The Morgan fingerprint density at radius 2 is 1.50 bits per heavy atom. The summed E-state index contributed by atoms with van der Waals surface area (Å²) in [6.07, 6.45) is 6.22. The molecule has 68 valence electrons. The largest absolute Gasteiger partial charge is 0.233 e. The van der Waals surface area contributed by atoms with Crippen LogP contribution in [0.4, 0.5) is 0 Å². The highest BCUT2D eigenvalue weighted by Gasteiger charge is 2.04. The quantitative estimate of drug-likeness (QED) is 0.525. The van der Waals surface area contributed by atoms with Crippen molar-refractivity contribution in [2.45, 2.75) is 6.42 Å². The first-order chi connectivity index (χ1) is 6.81. The van der Waals surface area contributed by atoms with Crippen LogP contribution in [0, 0.1) is 0 Å². The van der Waals surface area contributed by atoms with E-state index in [1.54, 1.807) is 23.9 Å². The van der Waals surface area contributed by atoms with Gasteiger partial charge in [0.05, 0.1) is 11.1 Å². The third kappa shape index (κ3) is 2.16. The molecular weight excluding hydrogens is 180 g/mol. The summed E-state index contributed by atoms with van der Waals surface area (Å²) in [4.78, 5) is 31.2. The van der Waals surface area contributed by atoms with Gasteiger partial charge in [-0.1, -0.05) is 6.08 Å². The van der Waals surface area contributed by atoms with Crippen LogP contribution in [0.3, 0.4) is 0 Å². The Kier molecular flexibility index (Phi) is 3.37. The SMILES string of the molecule is O=C=C1/C=C\C(=C=O)C(=C=O)/C=C\C1. The summed E-state index contributed by atoms with van der Waals surface area (Å²) in [6.45, 7) is 0. The Bertz CT molecular complexity index is 447. The van der Waals surface area contributed by atoms with Crippen molar-refractivity contribution in [2.24, 2.45) is 0 Å². The van der Waals surface area contributed by atoms with Crippen molar-refractivity contribution in [3.05, 3.63) is 41.0 Å². The Labute approximate surface area is 80.4 Å². The lowest BCUT2D eigenvalue weighted by Gasteiger charge is -1.98. The molecule has 0 bridgehead atoms. The molecule has 0 atom stereocenters. The molecule has 0 spiro atoms. The van der Waals surface area contributed by atoms with E-state index in [0.717, 1.165) is 0 Å². The summed E-state index contributed by atoms with van der Waals surface area (Å²) in [5.74, 6) is 4.96. The highest BCUT2D eigenvalue weighted by atomic mass is 16.1. The van der Waals surface area contributed by atoms with E-state index in [1.165, 1.54) is 18.2 Å². The molecule has 0 heterocycles. The molecule has 1 aliphatic rings. The molecule has 3 nitrogen and oxygen atoms in total. The molecule has 3 heteroatoms. The maximum absolute atomic E-state index is 10.4. The minimum atomic E-state index is 0.0868. The van der Waals surface area contributed by atoms with Crippen LogP contribution in [0.15, 0.2) is 41.0 Å². The molecule has 0 amide bonds. The van der Waals surface area contributed by atoms with E-state index in [2.05, 4.69) is 0 Å². The zero-order valence-electron chi connectivity index (χ0n) is 7.24. The standard InChI is InChI=1S/C11H6O3/c12-6-9-2-1-3-10(7-13)11(8-14)5-4-9/h1,3-5H,2H2/b3-1-,5-4-. The predicted octanol–water partition coefficient (Wildman–Crippen LogP) is 0.776. The zero-order valence-corrected chi connectivity index (χ0v) is 7.24. The second-order valence-corrected chi connectivity index (χ2v) is 2.60. The van der Waals surface area contributed by atoms with E-state index in [4.69, 9.17) is 0 Å². The average Bonchev–Trinajstić information content (AvgIpc) is 2.19. The summed E-state index contributed by atoms with van der Waals surface area (Å²) in [5, 5.41) is 0. The second kappa shape index (κ2) is 4.76. The number of allylic oxidation sites excluding steroid dienone is 7. The summed E-state index contributed by atoms with van der Waals surface area (Å²) >= 11 is 0. The van der Waals surface area contributed by atoms with Gasteiger partial charge in [-0.25, -0.2) is 14.4 Å². The van der Waals surface area contributed by atoms with Crippen molar-refractivity contribution in [3.8, 4) is 0 Å². The lowest BCUT2D eigenvalue weighted by molar-refractivity contribution is 0.565. The van der Waals surface area contributed by atoms with Gasteiger partial charge in [0, 0.05) is 12.0 Å². The van der Waals surface area contributed by atoms with Gasteiger partial charge in [0.25, 0.3) is 0 Å². The van der Waals surface area contributed by atoms with E-state index < -0.39 is 0 Å². The lowest BCUT2D eigenvalue weighted by atomic mass is 10.0. The molecule has 0 fully saturated rings. The van der Waals surface area contributed by atoms with E-state index in [1.807, 2.05) is 0 Å². The van der Waals surface area contributed by atoms with Gasteiger partial charge in [0.1, 0.15) is 17.8 Å². The van der Waals surface area contributed by atoms with Gasteiger partial charge in [0.2, 0.25) is 0 Å². The monoisotopic (exact) mass is 186 g/mol. The van der Waals surface area contributed by atoms with Crippen LogP contribution in [0.2, 0.25) is 0 Å². The molecular formula is C11H6O3. The maximum Gasteiger partial charge on any atom is 0.133 e. The average molecular weight is 186 g/mol. The Morgan fingerprint density at radius 1 is 0.857 bits per heavy atom. The van der Waals surface area contributed by atoms with Crippen LogP contribution in [0.1, 0.15) is 6.42 Å². The van der Waals surface area contributed by atoms with E-state index in [9.17, 15) is 14.4 Å². The van der Waals surface area contributed by atoms with Gasteiger partial charge in [-0.2, -0.15) is 0 Å². The van der Waals surface area contributed by atoms with Gasteiger partial charge in [-0.3, -0.25) is 0 Å². The van der Waals surface area contributed by atoms with Crippen LogP contribution in [-0.4, -0.2) is 17.8 Å². The molecule has 1 rings (SSSR count). The van der Waals surface area contributed by atoms with E-state index >= 15 is 0 Å². The van der Waals surface area contributed by atoms with E-state index in [-0.39, 0.29) is 11.1 Å². The van der Waals surface area contributed by atoms with Crippen molar-refractivity contribution in [2.75, 3.05) is 0 Å². The number of hydrogen-bond donors (Lipinski definition) is 0. The Balaban J connectivity index is 3.23. The summed E-state index contributed by atoms with van der Waals surface area (Å²) in [6, 6.07) is 0. The summed E-state index contributed by atoms with van der Waals surface area (Å²) in [7, 11) is 0. The van der Waals surface area contributed by atoms with Crippen LogP contribution in [0.25, 0.3) is 0 Å². The first-order valence-electron chi connectivity index (χ1n) is 3.91. The normalized spacial score (nSPS) is 19.9. The van der Waals surface area contributed by atoms with Crippen molar-refractivity contribution >= 4 is 17.8 Å². The molecule has 0 aromatic carbocycles. The smallest absolute Gasteiger partial charge is 0.133 e. The van der Waals surface area contributed by atoms with Gasteiger partial charge in [0.15, 0.2) is 0 Å². The molecule has 0 aromatic heterocycles. The van der Waals surface area contributed by atoms with Crippen LogP contribution >= 0.6 is 0 Å². The van der Waals surface area contributed by atoms with Crippen molar-refractivity contribution < 1.29 is 14.4 Å². The first-order valence-corrected chi connectivity index (χ1v) is 3.91. The fraction of sp³-hybridized carbons (Fsp3) is 0.0909. The van der Waals surface area contributed by atoms with Crippen LogP contribution in [-0.2, 0) is 14.4 Å².